The van der Waals surface area contributed by atoms with E-state index in [2.05, 4.69) is 24.5 Å². The van der Waals surface area contributed by atoms with Crippen LogP contribution in [-0.2, 0) is 11.5 Å². The SMILES string of the molecule is [C-]#[N+]c1cc2c(ccn2COCC[Si](C)(C)C)cc1F. The standard InChI is InChI=1S/C15H19FN2OSi/c1-17-14-10-15-12(9-13(14)16)5-6-18(15)11-19-7-8-20(2,3)4/h5-6,9-10H,7-8,11H2,2-4H3. The van der Waals surface area contributed by atoms with Crippen molar-refractivity contribution in [3.63, 3.8) is 0 Å². The van der Waals surface area contributed by atoms with Gasteiger partial charge in [-0.15, -0.1) is 0 Å². The first-order valence-corrected chi connectivity index (χ1v) is 10.3. The maximum Gasteiger partial charge on any atom is 0.224 e. The Kier molecular flexibility index (Phi) is 4.26. The molecule has 0 aliphatic rings. The molecule has 0 saturated heterocycles. The molecule has 0 saturated carbocycles. The van der Waals surface area contributed by atoms with E-state index in [1.54, 1.807) is 6.07 Å². The first-order valence-electron chi connectivity index (χ1n) is 6.64. The number of rotatable bonds is 5. The quantitative estimate of drug-likeness (QED) is 0.445. The van der Waals surface area contributed by atoms with Crippen molar-refractivity contribution in [2.24, 2.45) is 0 Å². The molecule has 0 amide bonds. The highest BCUT2D eigenvalue weighted by Gasteiger charge is 2.12. The summed E-state index contributed by atoms with van der Waals surface area (Å²) < 4.78 is 21.1. The van der Waals surface area contributed by atoms with Crippen molar-refractivity contribution in [2.75, 3.05) is 6.61 Å². The lowest BCUT2D eigenvalue weighted by Gasteiger charge is -2.15. The lowest BCUT2D eigenvalue weighted by molar-refractivity contribution is 0.0902. The lowest BCUT2D eigenvalue weighted by Crippen LogP contribution is -2.21. The van der Waals surface area contributed by atoms with Gasteiger partial charge in [-0.2, -0.15) is 0 Å². The van der Waals surface area contributed by atoms with Crippen LogP contribution < -0.4 is 0 Å². The number of aromatic nitrogens is 1. The fourth-order valence-electron chi connectivity index (χ4n) is 1.94. The Morgan fingerprint density at radius 3 is 2.75 bits per heavy atom. The topological polar surface area (TPSA) is 18.5 Å². The van der Waals surface area contributed by atoms with E-state index in [1.165, 1.54) is 6.07 Å². The number of hydrogen-bond donors (Lipinski definition) is 0. The van der Waals surface area contributed by atoms with Gasteiger partial charge in [0.1, 0.15) is 12.5 Å². The summed E-state index contributed by atoms with van der Waals surface area (Å²) >= 11 is 0. The molecule has 20 heavy (non-hydrogen) atoms. The van der Waals surface area contributed by atoms with Gasteiger partial charge in [0, 0.05) is 26.4 Å². The van der Waals surface area contributed by atoms with Crippen molar-refractivity contribution in [3.8, 4) is 0 Å². The van der Waals surface area contributed by atoms with Gasteiger partial charge in [-0.25, -0.2) is 9.24 Å². The maximum atomic E-state index is 13.5. The molecule has 1 aromatic heterocycles. The van der Waals surface area contributed by atoms with Gasteiger partial charge < -0.3 is 9.30 Å². The summed E-state index contributed by atoms with van der Waals surface area (Å²) in [4.78, 5) is 3.20. The van der Waals surface area contributed by atoms with Gasteiger partial charge in [-0.3, -0.25) is 0 Å². The van der Waals surface area contributed by atoms with Crippen LogP contribution in [-0.4, -0.2) is 19.2 Å². The molecule has 1 heterocycles. The van der Waals surface area contributed by atoms with E-state index in [0.29, 0.717) is 6.73 Å². The van der Waals surface area contributed by atoms with E-state index in [-0.39, 0.29) is 5.69 Å². The first kappa shape index (κ1) is 14.8. The van der Waals surface area contributed by atoms with Crippen molar-refractivity contribution in [1.82, 2.24) is 4.57 Å². The average molecular weight is 290 g/mol. The van der Waals surface area contributed by atoms with Crippen molar-refractivity contribution in [3.05, 3.63) is 41.6 Å². The van der Waals surface area contributed by atoms with Gasteiger partial charge in [-0.1, -0.05) is 19.6 Å². The maximum absolute atomic E-state index is 13.5. The Balaban J connectivity index is 2.10. The number of benzene rings is 1. The van der Waals surface area contributed by atoms with Crippen LogP contribution >= 0.6 is 0 Å². The molecular formula is C15H19FN2OSi. The van der Waals surface area contributed by atoms with Gasteiger partial charge in [0.2, 0.25) is 5.69 Å². The van der Waals surface area contributed by atoms with Crippen LogP contribution in [0.4, 0.5) is 10.1 Å². The summed E-state index contributed by atoms with van der Waals surface area (Å²) in [7, 11) is -1.08. The van der Waals surface area contributed by atoms with E-state index in [4.69, 9.17) is 11.3 Å². The molecule has 3 nitrogen and oxygen atoms in total. The van der Waals surface area contributed by atoms with Crippen molar-refractivity contribution >= 4 is 24.7 Å². The molecule has 2 aromatic rings. The van der Waals surface area contributed by atoms with Crippen LogP contribution in [0.5, 0.6) is 0 Å². The van der Waals surface area contributed by atoms with E-state index in [9.17, 15) is 4.39 Å². The third-order valence-electron chi connectivity index (χ3n) is 3.19. The number of fused-ring (bicyclic) bond motifs is 1. The van der Waals surface area contributed by atoms with Crippen LogP contribution in [0.15, 0.2) is 24.4 Å². The fraction of sp³-hybridized carbons (Fsp3) is 0.400. The summed E-state index contributed by atoms with van der Waals surface area (Å²) in [6, 6.07) is 5.95. The van der Waals surface area contributed by atoms with E-state index in [0.717, 1.165) is 23.6 Å². The second-order valence-corrected chi connectivity index (χ2v) is 11.7. The normalized spacial score (nSPS) is 11.8. The lowest BCUT2D eigenvalue weighted by atomic mass is 10.2. The third-order valence-corrected chi connectivity index (χ3v) is 4.89. The Hall–Kier alpha value is -1.64. The number of ether oxygens (including phenoxy) is 1. The van der Waals surface area contributed by atoms with Gasteiger partial charge in [-0.05, 0) is 29.6 Å². The molecule has 0 fully saturated rings. The van der Waals surface area contributed by atoms with Gasteiger partial charge in [0.25, 0.3) is 0 Å². The Morgan fingerprint density at radius 1 is 1.35 bits per heavy atom. The third kappa shape index (κ3) is 3.47. The molecule has 0 atom stereocenters. The molecule has 0 aliphatic carbocycles. The van der Waals surface area contributed by atoms with Crippen LogP contribution in [0, 0.1) is 12.4 Å². The monoisotopic (exact) mass is 290 g/mol. The Labute approximate surface area is 119 Å². The predicted molar refractivity (Wildman–Crippen MR) is 82.3 cm³/mol. The number of halogens is 1. The molecule has 0 radical (unpaired) electrons. The van der Waals surface area contributed by atoms with Crippen LogP contribution in [0.1, 0.15) is 0 Å². The zero-order valence-corrected chi connectivity index (χ0v) is 13.1. The second kappa shape index (κ2) is 5.78. The van der Waals surface area contributed by atoms with Gasteiger partial charge >= 0.3 is 0 Å². The minimum Gasteiger partial charge on any atom is -0.361 e. The highest BCUT2D eigenvalue weighted by atomic mass is 28.3. The first-order chi connectivity index (χ1) is 9.40. The molecule has 0 unspecified atom stereocenters. The van der Waals surface area contributed by atoms with Crippen LogP contribution in [0.3, 0.4) is 0 Å². The zero-order chi connectivity index (χ0) is 14.8. The molecule has 0 aliphatic heterocycles. The smallest absolute Gasteiger partial charge is 0.224 e. The summed E-state index contributed by atoms with van der Waals surface area (Å²) in [5.41, 5.74) is 0.893. The second-order valence-electron chi connectivity index (χ2n) is 6.11. The molecule has 1 aromatic carbocycles. The van der Waals surface area contributed by atoms with Crippen LogP contribution in [0.2, 0.25) is 25.7 Å². The van der Waals surface area contributed by atoms with E-state index in [1.807, 2.05) is 16.8 Å². The van der Waals surface area contributed by atoms with Crippen molar-refractivity contribution < 1.29 is 9.13 Å². The van der Waals surface area contributed by atoms with Crippen molar-refractivity contribution in [1.29, 1.82) is 0 Å². The van der Waals surface area contributed by atoms with Gasteiger partial charge in [0.05, 0.1) is 6.57 Å². The molecule has 2 rings (SSSR count). The highest BCUT2D eigenvalue weighted by molar-refractivity contribution is 6.76. The molecule has 106 valence electrons. The molecular weight excluding hydrogens is 271 g/mol. The summed E-state index contributed by atoms with van der Waals surface area (Å²) in [6.07, 6.45) is 1.87. The largest absolute Gasteiger partial charge is 0.361 e. The summed E-state index contributed by atoms with van der Waals surface area (Å²) in [6.45, 7) is 15.1. The Bertz CT molecular complexity index is 652. The number of nitrogens with zero attached hydrogens (tertiary/aromatic N) is 2. The molecule has 5 heteroatoms. The minimum atomic E-state index is -1.08. The zero-order valence-electron chi connectivity index (χ0n) is 12.1. The minimum absolute atomic E-state index is 0.0551. The fourth-order valence-corrected chi connectivity index (χ4v) is 2.70. The molecule has 0 N–H and O–H groups in total. The van der Waals surface area contributed by atoms with E-state index >= 15 is 0 Å². The van der Waals surface area contributed by atoms with Crippen molar-refractivity contribution in [2.45, 2.75) is 32.4 Å². The number of hydrogen-bond acceptors (Lipinski definition) is 1. The average Bonchev–Trinajstić information content (AvgIpc) is 2.74. The van der Waals surface area contributed by atoms with E-state index < -0.39 is 13.9 Å². The van der Waals surface area contributed by atoms with Gasteiger partial charge in [0.15, 0.2) is 0 Å². The highest BCUT2D eigenvalue weighted by Crippen LogP contribution is 2.26. The summed E-state index contributed by atoms with van der Waals surface area (Å²) in [5.74, 6) is -0.468. The Morgan fingerprint density at radius 2 is 2.10 bits per heavy atom. The predicted octanol–water partition coefficient (Wildman–Crippen LogP) is 4.64. The molecule has 0 bridgehead atoms. The van der Waals surface area contributed by atoms with Crippen LogP contribution in [0.25, 0.3) is 15.7 Å². The summed E-state index contributed by atoms with van der Waals surface area (Å²) in [5, 5.41) is 0.795. The molecule has 0 spiro atoms.